The maximum atomic E-state index is 9.89. The second kappa shape index (κ2) is 5.08. The summed E-state index contributed by atoms with van der Waals surface area (Å²) >= 11 is 1.49. The van der Waals surface area contributed by atoms with E-state index >= 15 is 0 Å². The Morgan fingerprint density at radius 2 is 2.35 bits per heavy atom. The molecule has 2 aromatic heterocycles. The van der Waals surface area contributed by atoms with Crippen LogP contribution < -0.4 is 10.5 Å². The molecule has 1 saturated heterocycles. The molecule has 3 rings (SSSR count). The van der Waals surface area contributed by atoms with E-state index in [-0.39, 0.29) is 23.2 Å². The summed E-state index contributed by atoms with van der Waals surface area (Å²) in [5, 5.41) is 18.9. The minimum Gasteiger partial charge on any atom is -0.479 e. The standard InChI is InChI=1S/C11H15N5O3S/c1-19-10-8-9(14-11(12)15-10)16(4-13-8)7-2-5(18)6(3-17)20-7/h4-7,17-18H,2-3H2,1H3,(H2,12,14,15)/t5-,6+,7+/m0/s1. The molecule has 1 aliphatic rings. The van der Waals surface area contributed by atoms with Crippen molar-refractivity contribution in [2.45, 2.75) is 23.1 Å². The number of hydrogen-bond donors (Lipinski definition) is 3. The number of ether oxygens (including phenoxy) is 1. The van der Waals surface area contributed by atoms with Gasteiger partial charge < -0.3 is 25.3 Å². The minimum atomic E-state index is -0.548. The topological polar surface area (TPSA) is 119 Å². The van der Waals surface area contributed by atoms with Gasteiger partial charge in [0.25, 0.3) is 0 Å². The van der Waals surface area contributed by atoms with E-state index in [4.69, 9.17) is 10.5 Å². The van der Waals surface area contributed by atoms with Crippen molar-refractivity contribution in [1.29, 1.82) is 0 Å². The van der Waals surface area contributed by atoms with Gasteiger partial charge in [-0.2, -0.15) is 9.97 Å². The predicted octanol–water partition coefficient (Wildman–Crippen LogP) is -0.226. The Morgan fingerprint density at radius 3 is 3.00 bits per heavy atom. The second-order valence-electron chi connectivity index (χ2n) is 4.53. The zero-order valence-corrected chi connectivity index (χ0v) is 11.6. The number of aliphatic hydroxyl groups is 2. The van der Waals surface area contributed by atoms with E-state index in [1.807, 2.05) is 4.57 Å². The normalized spacial score (nSPS) is 26.2. The van der Waals surface area contributed by atoms with Crippen LogP contribution in [0.2, 0.25) is 0 Å². The van der Waals surface area contributed by atoms with E-state index in [1.54, 1.807) is 6.33 Å². The van der Waals surface area contributed by atoms with Crippen LogP contribution in [0.3, 0.4) is 0 Å². The largest absolute Gasteiger partial charge is 0.479 e. The molecule has 8 nitrogen and oxygen atoms in total. The van der Waals surface area contributed by atoms with Crippen molar-refractivity contribution in [2.24, 2.45) is 0 Å². The summed E-state index contributed by atoms with van der Waals surface area (Å²) < 4.78 is 6.98. The Hall–Kier alpha value is -1.58. The van der Waals surface area contributed by atoms with Gasteiger partial charge in [-0.1, -0.05) is 0 Å². The predicted molar refractivity (Wildman–Crippen MR) is 74.4 cm³/mol. The lowest BCUT2D eigenvalue weighted by Gasteiger charge is -2.12. The number of fused-ring (bicyclic) bond motifs is 1. The van der Waals surface area contributed by atoms with Gasteiger partial charge >= 0.3 is 0 Å². The second-order valence-corrected chi connectivity index (χ2v) is 5.95. The van der Waals surface area contributed by atoms with E-state index in [9.17, 15) is 10.2 Å². The molecule has 4 N–H and O–H groups in total. The van der Waals surface area contributed by atoms with Gasteiger partial charge in [-0.05, 0) is 0 Å². The molecule has 0 aromatic carbocycles. The van der Waals surface area contributed by atoms with Crippen LogP contribution in [0.25, 0.3) is 11.2 Å². The molecule has 9 heteroatoms. The van der Waals surface area contributed by atoms with Crippen LogP contribution in [0.15, 0.2) is 6.33 Å². The summed E-state index contributed by atoms with van der Waals surface area (Å²) in [4.78, 5) is 12.4. The first-order valence-electron chi connectivity index (χ1n) is 6.12. The monoisotopic (exact) mass is 297 g/mol. The van der Waals surface area contributed by atoms with E-state index in [2.05, 4.69) is 15.0 Å². The van der Waals surface area contributed by atoms with Crippen LogP contribution in [0.1, 0.15) is 11.8 Å². The third-order valence-electron chi connectivity index (χ3n) is 3.29. The van der Waals surface area contributed by atoms with E-state index < -0.39 is 6.10 Å². The summed E-state index contributed by atoms with van der Waals surface area (Å²) in [7, 11) is 1.50. The summed E-state index contributed by atoms with van der Waals surface area (Å²) in [5.41, 5.74) is 6.77. The van der Waals surface area contributed by atoms with Crippen molar-refractivity contribution in [1.82, 2.24) is 19.5 Å². The average Bonchev–Trinajstić information content (AvgIpc) is 3.00. The lowest BCUT2D eigenvalue weighted by Crippen LogP contribution is -2.20. The van der Waals surface area contributed by atoms with Crippen LogP contribution >= 0.6 is 11.8 Å². The van der Waals surface area contributed by atoms with E-state index in [1.165, 1.54) is 18.9 Å². The molecule has 0 amide bonds. The van der Waals surface area contributed by atoms with Crippen molar-refractivity contribution >= 4 is 28.9 Å². The molecule has 3 heterocycles. The lowest BCUT2D eigenvalue weighted by molar-refractivity contribution is 0.138. The van der Waals surface area contributed by atoms with Gasteiger partial charge in [-0.15, -0.1) is 11.8 Å². The third-order valence-corrected chi connectivity index (χ3v) is 4.84. The highest BCUT2D eigenvalue weighted by Gasteiger charge is 2.35. The number of nitrogens with two attached hydrogens (primary N) is 1. The number of aliphatic hydroxyl groups excluding tert-OH is 2. The number of imidazole rings is 1. The Balaban J connectivity index is 2.03. The van der Waals surface area contributed by atoms with Crippen molar-refractivity contribution in [2.75, 3.05) is 19.5 Å². The highest BCUT2D eigenvalue weighted by molar-refractivity contribution is 8.00. The Bertz CT molecular complexity index is 634. The van der Waals surface area contributed by atoms with Crippen LogP contribution in [-0.2, 0) is 0 Å². The zero-order chi connectivity index (χ0) is 14.3. The smallest absolute Gasteiger partial charge is 0.246 e. The maximum absolute atomic E-state index is 9.89. The van der Waals surface area contributed by atoms with Crippen LogP contribution in [-0.4, -0.2) is 54.8 Å². The Morgan fingerprint density at radius 1 is 1.55 bits per heavy atom. The average molecular weight is 297 g/mol. The molecule has 3 atom stereocenters. The Kier molecular flexibility index (Phi) is 3.40. The van der Waals surface area contributed by atoms with Gasteiger partial charge in [0.2, 0.25) is 11.8 Å². The molecular weight excluding hydrogens is 282 g/mol. The first kappa shape index (κ1) is 13.4. The van der Waals surface area contributed by atoms with Crippen LogP contribution in [0.5, 0.6) is 5.88 Å². The number of anilines is 1. The number of methoxy groups -OCH3 is 1. The van der Waals surface area contributed by atoms with Crippen molar-refractivity contribution in [3.8, 4) is 5.88 Å². The van der Waals surface area contributed by atoms with Gasteiger partial charge in [0.05, 0.1) is 36.8 Å². The molecule has 1 fully saturated rings. The highest BCUT2D eigenvalue weighted by atomic mass is 32.2. The quantitative estimate of drug-likeness (QED) is 0.711. The van der Waals surface area contributed by atoms with Crippen molar-refractivity contribution in [3.63, 3.8) is 0 Å². The van der Waals surface area contributed by atoms with E-state index in [0.29, 0.717) is 23.5 Å². The molecule has 0 unspecified atom stereocenters. The fraction of sp³-hybridized carbons (Fsp3) is 0.545. The zero-order valence-electron chi connectivity index (χ0n) is 10.8. The van der Waals surface area contributed by atoms with Crippen molar-refractivity contribution < 1.29 is 14.9 Å². The molecule has 0 bridgehead atoms. The summed E-state index contributed by atoms with van der Waals surface area (Å²) in [6.07, 6.45) is 1.60. The molecule has 0 radical (unpaired) electrons. The number of thioether (sulfide) groups is 1. The van der Waals surface area contributed by atoms with Crippen LogP contribution in [0, 0.1) is 0 Å². The number of rotatable bonds is 3. The highest BCUT2D eigenvalue weighted by Crippen LogP contribution is 2.42. The Labute approximate surface area is 119 Å². The molecule has 0 spiro atoms. The number of nitrogen functional groups attached to an aromatic ring is 1. The molecule has 0 saturated carbocycles. The fourth-order valence-corrected chi connectivity index (χ4v) is 3.69. The molecule has 1 aliphatic heterocycles. The summed E-state index contributed by atoms with van der Waals surface area (Å²) in [6.45, 7) is -0.0601. The van der Waals surface area contributed by atoms with Crippen molar-refractivity contribution in [3.05, 3.63) is 6.33 Å². The molecular formula is C11H15N5O3S. The van der Waals surface area contributed by atoms with Gasteiger partial charge in [-0.3, -0.25) is 0 Å². The maximum Gasteiger partial charge on any atom is 0.246 e. The van der Waals surface area contributed by atoms with Crippen LogP contribution in [0.4, 0.5) is 5.95 Å². The third kappa shape index (κ3) is 2.07. The van der Waals surface area contributed by atoms with Gasteiger partial charge in [0.1, 0.15) is 0 Å². The summed E-state index contributed by atoms with van der Waals surface area (Å²) in [5.74, 6) is 0.437. The fourth-order valence-electron chi connectivity index (χ4n) is 2.31. The number of hydrogen-bond acceptors (Lipinski definition) is 8. The first-order chi connectivity index (χ1) is 9.63. The first-order valence-corrected chi connectivity index (χ1v) is 7.06. The van der Waals surface area contributed by atoms with Gasteiger partial charge in [-0.25, -0.2) is 4.98 Å². The minimum absolute atomic E-state index is 0.0499. The summed E-state index contributed by atoms with van der Waals surface area (Å²) in [6, 6.07) is 0. The van der Waals surface area contributed by atoms with Gasteiger partial charge in [0, 0.05) is 6.42 Å². The SMILES string of the molecule is COc1nc(N)nc2c1ncn2[C@H]1C[C@H](O)[C@@H](CO)S1. The molecule has 20 heavy (non-hydrogen) atoms. The molecule has 108 valence electrons. The van der Waals surface area contributed by atoms with E-state index in [0.717, 1.165) is 0 Å². The molecule has 2 aromatic rings. The number of aromatic nitrogens is 4. The molecule has 0 aliphatic carbocycles. The number of nitrogens with zero attached hydrogens (tertiary/aromatic N) is 4. The lowest BCUT2D eigenvalue weighted by atomic mass is 10.2. The van der Waals surface area contributed by atoms with Gasteiger partial charge in [0.15, 0.2) is 11.2 Å².